The molecule has 142 valence electrons. The van der Waals surface area contributed by atoms with Gasteiger partial charge in [0.15, 0.2) is 0 Å². The normalized spacial score (nSPS) is 23.6. The van der Waals surface area contributed by atoms with Crippen molar-refractivity contribution in [3.8, 4) is 0 Å². The number of likely N-dealkylation sites (N-methyl/N-ethyl adjacent to an activating group) is 1. The van der Waals surface area contributed by atoms with Crippen LogP contribution in [0.1, 0.15) is 16.0 Å². The second-order valence-electron chi connectivity index (χ2n) is 7.46. The molecule has 2 saturated heterocycles. The van der Waals surface area contributed by atoms with Crippen LogP contribution in [0.4, 0.5) is 0 Å². The van der Waals surface area contributed by atoms with Gasteiger partial charge >= 0.3 is 0 Å². The van der Waals surface area contributed by atoms with E-state index in [1.54, 1.807) is 23.3 Å². The molecule has 2 aliphatic heterocycles. The first-order chi connectivity index (χ1) is 13.0. The molecule has 0 unspecified atom stereocenters. The maximum Gasteiger partial charge on any atom is 0.247 e. The number of carbonyl (C=O) groups excluding carboxylic acids is 2. The van der Waals surface area contributed by atoms with Crippen LogP contribution in [-0.2, 0) is 22.6 Å². The van der Waals surface area contributed by atoms with Gasteiger partial charge in [-0.05, 0) is 29.5 Å². The highest BCUT2D eigenvalue weighted by molar-refractivity contribution is 7.10. The maximum absolute atomic E-state index is 13.1. The average Bonchev–Trinajstić information content (AvgIpc) is 3.09. The molecule has 0 bridgehead atoms. The van der Waals surface area contributed by atoms with Crippen LogP contribution in [0.2, 0.25) is 0 Å². The molecule has 27 heavy (non-hydrogen) atoms. The lowest BCUT2D eigenvalue weighted by Crippen LogP contribution is -2.69. The zero-order valence-electron chi connectivity index (χ0n) is 15.8. The Morgan fingerprint density at radius 2 is 1.85 bits per heavy atom. The summed E-state index contributed by atoms with van der Waals surface area (Å²) in [5.41, 5.74) is 2.38. The highest BCUT2D eigenvalue weighted by Crippen LogP contribution is 2.25. The number of rotatable bonds is 4. The van der Waals surface area contributed by atoms with Crippen LogP contribution < -0.4 is 0 Å². The Kier molecular flexibility index (Phi) is 5.02. The zero-order chi connectivity index (χ0) is 19.0. The van der Waals surface area contributed by atoms with Crippen LogP contribution in [-0.4, -0.2) is 65.3 Å². The number of hydrogen-bond acceptors (Lipinski definition) is 4. The summed E-state index contributed by atoms with van der Waals surface area (Å²) in [6.07, 6.45) is 0.573. The smallest absolute Gasteiger partial charge is 0.247 e. The molecular weight excluding hydrogens is 358 g/mol. The van der Waals surface area contributed by atoms with E-state index in [9.17, 15) is 9.59 Å². The lowest BCUT2D eigenvalue weighted by molar-refractivity contribution is -0.164. The molecule has 2 aromatic rings. The monoisotopic (exact) mass is 383 g/mol. The van der Waals surface area contributed by atoms with Crippen molar-refractivity contribution < 1.29 is 9.59 Å². The van der Waals surface area contributed by atoms with Gasteiger partial charge in [-0.15, -0.1) is 11.3 Å². The number of nitrogens with zero attached hydrogens (tertiary/aromatic N) is 3. The summed E-state index contributed by atoms with van der Waals surface area (Å²) in [7, 11) is 1.77. The van der Waals surface area contributed by atoms with E-state index in [0.717, 1.165) is 18.7 Å². The van der Waals surface area contributed by atoms with Crippen LogP contribution in [0.5, 0.6) is 0 Å². The number of piperazine rings is 2. The van der Waals surface area contributed by atoms with Gasteiger partial charge < -0.3 is 9.80 Å². The van der Waals surface area contributed by atoms with E-state index < -0.39 is 6.04 Å². The van der Waals surface area contributed by atoms with Gasteiger partial charge in [0.05, 0.1) is 0 Å². The summed E-state index contributed by atoms with van der Waals surface area (Å²) in [6, 6.07) is 11.3. The Morgan fingerprint density at radius 3 is 2.56 bits per heavy atom. The molecule has 4 rings (SSSR count). The summed E-state index contributed by atoms with van der Waals surface area (Å²) in [5.74, 6) is 0.140. The zero-order valence-corrected chi connectivity index (χ0v) is 16.6. The van der Waals surface area contributed by atoms with Gasteiger partial charge in [0, 0.05) is 44.5 Å². The Morgan fingerprint density at radius 1 is 1.07 bits per heavy atom. The van der Waals surface area contributed by atoms with E-state index in [1.165, 1.54) is 10.4 Å². The molecule has 0 aliphatic carbocycles. The summed E-state index contributed by atoms with van der Waals surface area (Å²) < 4.78 is 0. The Hall–Kier alpha value is -2.18. The van der Waals surface area contributed by atoms with Gasteiger partial charge in [-0.3, -0.25) is 14.5 Å². The van der Waals surface area contributed by atoms with E-state index in [4.69, 9.17) is 0 Å². The molecule has 2 fully saturated rings. The first-order valence-corrected chi connectivity index (χ1v) is 10.3. The number of carbonyl (C=O) groups is 2. The molecule has 0 saturated carbocycles. The SMILES string of the molecule is Cc1ccsc1CN1CCN2C(=O)[C@H](Cc3ccccc3)N(C)C(=O)[C@H]2C1. The van der Waals surface area contributed by atoms with Crippen molar-refractivity contribution >= 4 is 23.2 Å². The fourth-order valence-electron chi connectivity index (χ4n) is 4.03. The standard InChI is InChI=1S/C21H25N3O2S/c1-15-8-11-27-19(15)14-23-9-10-24-18(13-23)20(25)22(2)17(21(24)26)12-16-6-4-3-5-7-16/h3-8,11,17-18H,9-10,12-14H2,1-2H3/t17-,18+/m0/s1. The van der Waals surface area contributed by atoms with Gasteiger partial charge in [0.2, 0.25) is 11.8 Å². The molecule has 5 nitrogen and oxygen atoms in total. The first kappa shape index (κ1) is 18.2. The van der Waals surface area contributed by atoms with Crippen molar-refractivity contribution in [2.45, 2.75) is 32.0 Å². The molecule has 2 atom stereocenters. The predicted molar refractivity (Wildman–Crippen MR) is 107 cm³/mol. The summed E-state index contributed by atoms with van der Waals surface area (Å²) in [4.78, 5) is 33.3. The molecule has 1 aromatic heterocycles. The second kappa shape index (κ2) is 7.44. The molecule has 2 aliphatic rings. The van der Waals surface area contributed by atoms with Crippen molar-refractivity contribution in [2.24, 2.45) is 0 Å². The Bertz CT molecular complexity index is 835. The minimum atomic E-state index is -0.401. The largest absolute Gasteiger partial charge is 0.332 e. The number of fused-ring (bicyclic) bond motifs is 1. The van der Waals surface area contributed by atoms with E-state index >= 15 is 0 Å². The Labute approximate surface area is 164 Å². The molecular formula is C21H25N3O2S. The summed E-state index contributed by atoms with van der Waals surface area (Å²) in [5, 5.41) is 2.11. The highest BCUT2D eigenvalue weighted by atomic mass is 32.1. The van der Waals surface area contributed by atoms with Crippen molar-refractivity contribution in [2.75, 3.05) is 26.7 Å². The average molecular weight is 384 g/mol. The van der Waals surface area contributed by atoms with Crippen LogP contribution in [0, 0.1) is 6.92 Å². The molecule has 0 N–H and O–H groups in total. The van der Waals surface area contributed by atoms with Gasteiger partial charge in [0.1, 0.15) is 12.1 Å². The van der Waals surface area contributed by atoms with Crippen LogP contribution in [0.15, 0.2) is 41.8 Å². The van der Waals surface area contributed by atoms with Gasteiger partial charge in [0.25, 0.3) is 0 Å². The topological polar surface area (TPSA) is 43.9 Å². The lowest BCUT2D eigenvalue weighted by Gasteiger charge is -2.48. The van der Waals surface area contributed by atoms with Gasteiger partial charge in [-0.1, -0.05) is 30.3 Å². The number of aryl methyl sites for hydroxylation is 1. The van der Waals surface area contributed by atoms with Gasteiger partial charge in [-0.2, -0.15) is 0 Å². The molecule has 3 heterocycles. The first-order valence-electron chi connectivity index (χ1n) is 9.41. The third-order valence-electron chi connectivity index (χ3n) is 5.74. The molecule has 1 aromatic carbocycles. The summed E-state index contributed by atoms with van der Waals surface area (Å²) in [6.45, 7) is 5.03. The second-order valence-corrected chi connectivity index (χ2v) is 8.46. The fraction of sp³-hybridized carbons (Fsp3) is 0.429. The third kappa shape index (κ3) is 3.51. The maximum atomic E-state index is 13.1. The number of amides is 2. The minimum Gasteiger partial charge on any atom is -0.332 e. The Balaban J connectivity index is 1.48. The highest BCUT2D eigenvalue weighted by Gasteiger charge is 2.46. The quantitative estimate of drug-likeness (QED) is 0.813. The lowest BCUT2D eigenvalue weighted by atomic mass is 9.97. The third-order valence-corrected chi connectivity index (χ3v) is 6.75. The van der Waals surface area contributed by atoms with Crippen molar-refractivity contribution in [1.82, 2.24) is 14.7 Å². The number of hydrogen-bond donors (Lipinski definition) is 0. The molecule has 0 spiro atoms. The van der Waals surface area contributed by atoms with Crippen molar-refractivity contribution in [1.29, 1.82) is 0 Å². The van der Waals surface area contributed by atoms with Crippen LogP contribution in [0.3, 0.4) is 0 Å². The number of thiophene rings is 1. The molecule has 2 amide bonds. The van der Waals surface area contributed by atoms with E-state index in [1.807, 2.05) is 35.2 Å². The minimum absolute atomic E-state index is 0.0585. The van der Waals surface area contributed by atoms with Crippen LogP contribution in [0.25, 0.3) is 0 Å². The summed E-state index contributed by atoms with van der Waals surface area (Å²) >= 11 is 1.76. The molecule has 0 radical (unpaired) electrons. The molecule has 6 heteroatoms. The van der Waals surface area contributed by atoms with E-state index in [0.29, 0.717) is 19.5 Å². The van der Waals surface area contributed by atoms with Crippen molar-refractivity contribution in [3.05, 3.63) is 57.8 Å². The fourth-order valence-corrected chi connectivity index (χ4v) is 4.98. The van der Waals surface area contributed by atoms with E-state index in [2.05, 4.69) is 23.3 Å². The predicted octanol–water partition coefficient (Wildman–Crippen LogP) is 2.15. The number of benzene rings is 1. The van der Waals surface area contributed by atoms with Crippen molar-refractivity contribution in [3.63, 3.8) is 0 Å². The van der Waals surface area contributed by atoms with Gasteiger partial charge in [-0.25, -0.2) is 0 Å². The van der Waals surface area contributed by atoms with Crippen LogP contribution >= 0.6 is 11.3 Å². The van der Waals surface area contributed by atoms with E-state index in [-0.39, 0.29) is 17.9 Å².